The van der Waals surface area contributed by atoms with Gasteiger partial charge in [-0.3, -0.25) is 0 Å². The topological polar surface area (TPSA) is 78.5 Å². The van der Waals surface area contributed by atoms with Gasteiger partial charge in [0.2, 0.25) is 5.39 Å². The van der Waals surface area contributed by atoms with Crippen molar-refractivity contribution in [2.45, 2.75) is 45.4 Å². The van der Waals surface area contributed by atoms with E-state index in [1.165, 1.54) is 32.1 Å². The second-order valence-electron chi connectivity index (χ2n) is 6.30. The highest BCUT2D eigenvalue weighted by atomic mass is 16.5. The summed E-state index contributed by atoms with van der Waals surface area (Å²) in [5.74, 6) is 0.947. The van der Waals surface area contributed by atoms with Gasteiger partial charge in [0.15, 0.2) is 0 Å². The second-order valence-corrected chi connectivity index (χ2v) is 6.30. The number of anilines is 1. The van der Waals surface area contributed by atoms with E-state index >= 15 is 0 Å². The molecule has 0 aliphatic carbocycles. The third kappa shape index (κ3) is 9.02. The van der Waals surface area contributed by atoms with Crippen LogP contribution in [0, 0.1) is 5.39 Å². The zero-order valence-electron chi connectivity index (χ0n) is 16.1. The predicted octanol–water partition coefficient (Wildman–Crippen LogP) is 2.56. The van der Waals surface area contributed by atoms with Crippen molar-refractivity contribution in [1.29, 1.82) is 5.39 Å². The Hall–Kier alpha value is -1.84. The molecule has 2 rings (SSSR count). The van der Waals surface area contributed by atoms with Crippen LogP contribution in [0.3, 0.4) is 0 Å². The molecule has 0 saturated carbocycles. The van der Waals surface area contributed by atoms with Gasteiger partial charge < -0.3 is 19.1 Å². The van der Waals surface area contributed by atoms with Crippen molar-refractivity contribution in [3.8, 4) is 5.75 Å². The van der Waals surface area contributed by atoms with Crippen LogP contribution in [0.5, 0.6) is 5.75 Å². The summed E-state index contributed by atoms with van der Waals surface area (Å²) in [4.78, 5) is 2.33. The minimum atomic E-state index is 0.608. The molecule has 1 saturated heterocycles. The third-order valence-corrected chi connectivity index (χ3v) is 4.34. The van der Waals surface area contributed by atoms with Crippen molar-refractivity contribution in [2.75, 3.05) is 51.0 Å². The smallest absolute Gasteiger partial charge is 0.212 e. The van der Waals surface area contributed by atoms with Gasteiger partial charge in [0.25, 0.3) is 0 Å². The lowest BCUT2D eigenvalue weighted by molar-refractivity contribution is -0.175. The molecule has 0 radical (unpaired) electrons. The van der Waals surface area contributed by atoms with Crippen LogP contribution in [0.2, 0.25) is 0 Å². The highest BCUT2D eigenvalue weighted by Crippen LogP contribution is 2.28. The SMILES string of the molecule is CCCCCCCCOCCOc1ccccc1N1CCOCC1.N#[NH+]. The molecule has 0 aromatic heterocycles. The van der Waals surface area contributed by atoms with E-state index in [1.807, 2.05) is 12.1 Å². The largest absolute Gasteiger partial charge is 0.489 e. The van der Waals surface area contributed by atoms with E-state index < -0.39 is 0 Å². The number of rotatable bonds is 12. The number of para-hydroxylation sites is 2. The summed E-state index contributed by atoms with van der Waals surface area (Å²) >= 11 is 0. The van der Waals surface area contributed by atoms with E-state index in [0.717, 1.165) is 50.8 Å². The molecule has 1 aliphatic rings. The molecule has 1 aromatic rings. The molecule has 146 valence electrons. The van der Waals surface area contributed by atoms with Crippen molar-refractivity contribution >= 4 is 5.69 Å². The van der Waals surface area contributed by atoms with Crippen LogP contribution in [0.25, 0.3) is 0 Å². The maximum absolute atomic E-state index is 6.25. The summed E-state index contributed by atoms with van der Waals surface area (Å²) < 4.78 is 17.1. The Morgan fingerprint density at radius 2 is 1.65 bits per heavy atom. The van der Waals surface area contributed by atoms with E-state index in [1.54, 1.807) is 0 Å². The second kappa shape index (κ2) is 15.4. The van der Waals surface area contributed by atoms with Gasteiger partial charge in [0, 0.05) is 19.7 Å². The quantitative estimate of drug-likeness (QED) is 0.455. The van der Waals surface area contributed by atoms with Gasteiger partial charge in [-0.1, -0.05) is 51.2 Å². The number of unbranched alkanes of at least 4 members (excludes halogenated alkanes) is 5. The number of hydrogen-bond acceptors (Lipinski definition) is 5. The Bertz CT molecular complexity index is 476. The lowest BCUT2D eigenvalue weighted by Gasteiger charge is -2.30. The molecule has 0 atom stereocenters. The molecule has 6 heteroatoms. The zero-order valence-corrected chi connectivity index (χ0v) is 16.1. The highest BCUT2D eigenvalue weighted by Gasteiger charge is 2.14. The van der Waals surface area contributed by atoms with Crippen molar-refractivity contribution in [1.82, 2.24) is 0 Å². The summed E-state index contributed by atoms with van der Waals surface area (Å²) in [7, 11) is 0. The minimum absolute atomic E-state index is 0.608. The summed E-state index contributed by atoms with van der Waals surface area (Å²) in [6.07, 6.45) is 7.80. The normalized spacial score (nSPS) is 13.7. The monoisotopic (exact) mass is 364 g/mol. The first kappa shape index (κ1) is 22.2. The van der Waals surface area contributed by atoms with Gasteiger partial charge in [-0.2, -0.15) is 0 Å². The maximum Gasteiger partial charge on any atom is 0.212 e. The fourth-order valence-corrected chi connectivity index (χ4v) is 2.94. The molecule has 1 aromatic carbocycles. The number of diazo groups is 1. The van der Waals surface area contributed by atoms with Gasteiger partial charge >= 0.3 is 0 Å². The predicted molar refractivity (Wildman–Crippen MR) is 102 cm³/mol. The van der Waals surface area contributed by atoms with Crippen molar-refractivity contribution in [3.05, 3.63) is 24.3 Å². The summed E-state index contributed by atoms with van der Waals surface area (Å²) in [5.41, 5.74) is 1.16. The van der Waals surface area contributed by atoms with Gasteiger partial charge in [0.1, 0.15) is 12.4 Å². The standard InChI is InChI=1S/C20H33NO3.N2/c1-2-3-4-5-6-9-14-22-17-18-24-20-11-8-7-10-19(20)21-12-15-23-16-13-21;1-2/h7-8,10-11H,2-6,9,12-18H2,1H3;/p+1. The molecular weight excluding hydrogens is 330 g/mol. The number of nitrogens with one attached hydrogen (secondary N) is 1. The van der Waals surface area contributed by atoms with E-state index in [2.05, 4.69) is 24.0 Å². The lowest BCUT2D eigenvalue weighted by Crippen LogP contribution is -2.36. The van der Waals surface area contributed by atoms with E-state index in [0.29, 0.717) is 13.2 Å². The maximum atomic E-state index is 6.25. The average molecular weight is 365 g/mol. The summed E-state index contributed by atoms with van der Waals surface area (Å²) in [5, 5.41) is 11.0. The van der Waals surface area contributed by atoms with Gasteiger partial charge in [-0.05, 0) is 18.6 Å². The van der Waals surface area contributed by atoms with Crippen LogP contribution in [0.1, 0.15) is 45.4 Å². The van der Waals surface area contributed by atoms with E-state index in [9.17, 15) is 0 Å². The number of morpholine rings is 1. The van der Waals surface area contributed by atoms with E-state index in [4.69, 9.17) is 25.0 Å². The molecule has 1 N–H and O–H groups in total. The van der Waals surface area contributed by atoms with Crippen molar-refractivity contribution in [2.24, 2.45) is 0 Å². The summed E-state index contributed by atoms with van der Waals surface area (Å²) in [6, 6.07) is 8.25. The van der Waals surface area contributed by atoms with Crippen LogP contribution in [0.15, 0.2) is 24.3 Å². The molecular formula is C20H34N3O3+. The third-order valence-electron chi connectivity index (χ3n) is 4.34. The average Bonchev–Trinajstić information content (AvgIpc) is 2.72. The number of hydrogen-bond donors (Lipinski definition) is 1. The first-order chi connectivity index (χ1) is 12.9. The Morgan fingerprint density at radius 3 is 2.42 bits per heavy atom. The molecule has 0 bridgehead atoms. The molecule has 1 aliphatic heterocycles. The Balaban J connectivity index is 0.00000163. The Kier molecular flexibility index (Phi) is 13.2. The molecule has 0 unspecified atom stereocenters. The fraction of sp³-hybridized carbons (Fsp3) is 0.700. The fourth-order valence-electron chi connectivity index (χ4n) is 2.94. The molecule has 1 fully saturated rings. The molecule has 0 spiro atoms. The lowest BCUT2D eigenvalue weighted by atomic mass is 10.1. The Labute approximate surface area is 157 Å². The first-order valence-electron chi connectivity index (χ1n) is 9.76. The first-order valence-corrected chi connectivity index (χ1v) is 9.76. The highest BCUT2D eigenvalue weighted by molar-refractivity contribution is 5.58. The van der Waals surface area contributed by atoms with Gasteiger partial charge in [-0.25, -0.2) is 0 Å². The van der Waals surface area contributed by atoms with Crippen LogP contribution in [-0.2, 0) is 9.47 Å². The number of nitrogens with zero attached hydrogens (tertiary/aromatic N) is 2. The summed E-state index contributed by atoms with van der Waals surface area (Å²) in [6.45, 7) is 7.79. The number of benzene rings is 1. The van der Waals surface area contributed by atoms with Gasteiger partial charge in [-0.15, -0.1) is 0 Å². The zero-order chi connectivity index (χ0) is 18.9. The van der Waals surface area contributed by atoms with Crippen molar-refractivity contribution in [3.63, 3.8) is 0 Å². The van der Waals surface area contributed by atoms with Crippen molar-refractivity contribution < 1.29 is 19.6 Å². The minimum Gasteiger partial charge on any atom is -0.489 e. The van der Waals surface area contributed by atoms with Gasteiger partial charge in [0.05, 0.1) is 30.9 Å². The molecule has 1 heterocycles. The van der Waals surface area contributed by atoms with Crippen LogP contribution < -0.4 is 15.0 Å². The molecule has 6 nitrogen and oxygen atoms in total. The van der Waals surface area contributed by atoms with Crippen LogP contribution in [0.4, 0.5) is 5.69 Å². The van der Waals surface area contributed by atoms with Crippen LogP contribution in [-0.4, -0.2) is 46.1 Å². The van der Waals surface area contributed by atoms with E-state index in [-0.39, 0.29) is 0 Å². The van der Waals surface area contributed by atoms with Crippen LogP contribution >= 0.6 is 0 Å². The Morgan fingerprint density at radius 1 is 0.962 bits per heavy atom. The number of ether oxygens (including phenoxy) is 3. The molecule has 0 amide bonds. The molecule has 26 heavy (non-hydrogen) atoms.